The van der Waals surface area contributed by atoms with Crippen molar-refractivity contribution in [2.24, 2.45) is 0 Å². The maximum absolute atomic E-state index is 5.83. The summed E-state index contributed by atoms with van der Waals surface area (Å²) in [7, 11) is 0. The number of hydrogen-bond donors (Lipinski definition) is 1. The second-order valence-electron chi connectivity index (χ2n) is 5.35. The van der Waals surface area contributed by atoms with Gasteiger partial charge in [0.15, 0.2) is 0 Å². The molecule has 0 saturated heterocycles. The Balaban J connectivity index is 1.79. The number of fused-ring (bicyclic) bond motifs is 1. The molecule has 1 N–H and O–H groups in total. The smallest absolute Gasteiger partial charge is 0.134 e. The molecule has 0 radical (unpaired) electrons. The van der Waals surface area contributed by atoms with Gasteiger partial charge in [0.05, 0.1) is 6.54 Å². The van der Waals surface area contributed by atoms with E-state index in [1.165, 1.54) is 11.3 Å². The van der Waals surface area contributed by atoms with Crippen LogP contribution in [0.1, 0.15) is 31.1 Å². The molecular formula is C18H19NO. The summed E-state index contributed by atoms with van der Waals surface area (Å²) in [6, 6.07) is 18.6. The Bertz CT molecular complexity index is 679. The van der Waals surface area contributed by atoms with Crippen molar-refractivity contribution >= 4 is 16.7 Å². The summed E-state index contributed by atoms with van der Waals surface area (Å²) in [4.78, 5) is 0. The Hall–Kier alpha value is -2.22. The molecule has 2 nitrogen and oxygen atoms in total. The Labute approximate surface area is 119 Å². The lowest BCUT2D eigenvalue weighted by molar-refractivity contribution is 0.559. The van der Waals surface area contributed by atoms with Crippen LogP contribution in [-0.4, -0.2) is 0 Å². The van der Waals surface area contributed by atoms with Gasteiger partial charge >= 0.3 is 0 Å². The van der Waals surface area contributed by atoms with Crippen LogP contribution < -0.4 is 5.32 Å². The molecule has 3 rings (SSSR count). The van der Waals surface area contributed by atoms with Gasteiger partial charge in [-0.05, 0) is 29.7 Å². The highest BCUT2D eigenvalue weighted by Gasteiger charge is 2.07. The quantitative estimate of drug-likeness (QED) is 0.704. The van der Waals surface area contributed by atoms with Gasteiger partial charge in [-0.2, -0.15) is 0 Å². The minimum Gasteiger partial charge on any atom is -0.459 e. The zero-order valence-corrected chi connectivity index (χ0v) is 11.9. The summed E-state index contributed by atoms with van der Waals surface area (Å²) in [5.74, 6) is 1.47. The lowest BCUT2D eigenvalue weighted by atomic mass is 10.0. The first-order valence-corrected chi connectivity index (χ1v) is 7.04. The lowest BCUT2D eigenvalue weighted by Gasteiger charge is -2.13. The van der Waals surface area contributed by atoms with Crippen molar-refractivity contribution in [3.05, 3.63) is 65.9 Å². The van der Waals surface area contributed by atoms with Crippen LogP contribution in [0.2, 0.25) is 0 Å². The molecule has 3 aromatic rings. The Morgan fingerprint density at radius 3 is 2.55 bits per heavy atom. The molecule has 0 aliphatic heterocycles. The second-order valence-corrected chi connectivity index (χ2v) is 5.35. The summed E-state index contributed by atoms with van der Waals surface area (Å²) in [6.07, 6.45) is 0. The van der Waals surface area contributed by atoms with E-state index in [-0.39, 0.29) is 0 Å². The number of rotatable bonds is 4. The van der Waals surface area contributed by atoms with Gasteiger partial charge in [-0.1, -0.05) is 50.2 Å². The predicted octanol–water partition coefficient (Wildman–Crippen LogP) is 5.17. The molecule has 0 spiro atoms. The van der Waals surface area contributed by atoms with Crippen molar-refractivity contribution in [3.63, 3.8) is 0 Å². The van der Waals surface area contributed by atoms with Gasteiger partial charge in [0, 0.05) is 11.1 Å². The normalized spacial score (nSPS) is 11.2. The van der Waals surface area contributed by atoms with Gasteiger partial charge < -0.3 is 9.73 Å². The Morgan fingerprint density at radius 2 is 1.75 bits per heavy atom. The standard InChI is InChI=1S/C18H19NO/c1-13(2)16-8-4-5-9-17(16)19-12-15-11-14-7-3-6-10-18(14)20-15/h3-11,13,19H,12H2,1-2H3. The average molecular weight is 265 g/mol. The van der Waals surface area contributed by atoms with E-state index in [0.717, 1.165) is 16.7 Å². The van der Waals surface area contributed by atoms with E-state index in [2.05, 4.69) is 55.6 Å². The highest BCUT2D eigenvalue weighted by atomic mass is 16.3. The molecule has 0 amide bonds. The number of nitrogens with one attached hydrogen (secondary N) is 1. The number of furan rings is 1. The summed E-state index contributed by atoms with van der Waals surface area (Å²) in [5, 5.41) is 4.63. The third-order valence-electron chi connectivity index (χ3n) is 3.51. The van der Waals surface area contributed by atoms with Gasteiger partial charge in [0.1, 0.15) is 11.3 Å². The second kappa shape index (κ2) is 5.41. The maximum Gasteiger partial charge on any atom is 0.134 e. The molecule has 0 aliphatic rings. The predicted molar refractivity (Wildman–Crippen MR) is 84.1 cm³/mol. The van der Waals surface area contributed by atoms with Crippen LogP contribution in [0.3, 0.4) is 0 Å². The van der Waals surface area contributed by atoms with E-state index in [4.69, 9.17) is 4.42 Å². The average Bonchev–Trinajstić information content (AvgIpc) is 2.88. The zero-order chi connectivity index (χ0) is 13.9. The third kappa shape index (κ3) is 2.55. The van der Waals surface area contributed by atoms with Crippen LogP contribution >= 0.6 is 0 Å². The number of hydrogen-bond acceptors (Lipinski definition) is 2. The fraction of sp³-hybridized carbons (Fsp3) is 0.222. The largest absolute Gasteiger partial charge is 0.459 e. The van der Waals surface area contributed by atoms with Crippen molar-refractivity contribution < 1.29 is 4.42 Å². The molecule has 2 aromatic carbocycles. The molecule has 2 heteroatoms. The fourth-order valence-corrected chi connectivity index (χ4v) is 2.47. The van der Waals surface area contributed by atoms with Crippen molar-refractivity contribution in [1.82, 2.24) is 0 Å². The van der Waals surface area contributed by atoms with Crippen LogP contribution in [0.5, 0.6) is 0 Å². The van der Waals surface area contributed by atoms with E-state index in [9.17, 15) is 0 Å². The minimum atomic E-state index is 0.509. The first-order chi connectivity index (χ1) is 9.74. The van der Waals surface area contributed by atoms with Crippen molar-refractivity contribution in [2.45, 2.75) is 26.3 Å². The van der Waals surface area contributed by atoms with Crippen LogP contribution in [0, 0.1) is 0 Å². The first kappa shape index (κ1) is 12.8. The molecule has 0 saturated carbocycles. The van der Waals surface area contributed by atoms with E-state index in [0.29, 0.717) is 12.5 Å². The van der Waals surface area contributed by atoms with E-state index >= 15 is 0 Å². The molecule has 0 fully saturated rings. The van der Waals surface area contributed by atoms with Crippen LogP contribution in [-0.2, 0) is 6.54 Å². The summed E-state index contributed by atoms with van der Waals surface area (Å²) >= 11 is 0. The van der Waals surface area contributed by atoms with Crippen molar-refractivity contribution in [3.8, 4) is 0 Å². The Kier molecular flexibility index (Phi) is 3.46. The van der Waals surface area contributed by atoms with Crippen molar-refractivity contribution in [1.29, 1.82) is 0 Å². The molecule has 102 valence electrons. The fourth-order valence-electron chi connectivity index (χ4n) is 2.47. The summed E-state index contributed by atoms with van der Waals surface area (Å²) in [6.45, 7) is 5.13. The molecule has 0 atom stereocenters. The molecular weight excluding hydrogens is 246 g/mol. The van der Waals surface area contributed by atoms with Gasteiger partial charge in [0.2, 0.25) is 0 Å². The summed E-state index contributed by atoms with van der Waals surface area (Å²) < 4.78 is 5.83. The molecule has 0 aliphatic carbocycles. The SMILES string of the molecule is CC(C)c1ccccc1NCc1cc2ccccc2o1. The van der Waals surface area contributed by atoms with Gasteiger partial charge in [-0.25, -0.2) is 0 Å². The molecule has 1 heterocycles. The number of anilines is 1. The van der Waals surface area contributed by atoms with Crippen LogP contribution in [0.4, 0.5) is 5.69 Å². The minimum absolute atomic E-state index is 0.509. The molecule has 0 bridgehead atoms. The highest BCUT2D eigenvalue weighted by molar-refractivity contribution is 5.77. The third-order valence-corrected chi connectivity index (χ3v) is 3.51. The van der Waals surface area contributed by atoms with Gasteiger partial charge in [-0.3, -0.25) is 0 Å². The topological polar surface area (TPSA) is 25.2 Å². The lowest BCUT2D eigenvalue weighted by Crippen LogP contribution is -2.02. The van der Waals surface area contributed by atoms with Gasteiger partial charge in [-0.15, -0.1) is 0 Å². The highest BCUT2D eigenvalue weighted by Crippen LogP contribution is 2.25. The Morgan fingerprint density at radius 1 is 1.00 bits per heavy atom. The first-order valence-electron chi connectivity index (χ1n) is 7.04. The van der Waals surface area contributed by atoms with Crippen LogP contribution in [0.15, 0.2) is 59.0 Å². The summed E-state index contributed by atoms with van der Waals surface area (Å²) in [5.41, 5.74) is 3.47. The number of para-hydroxylation sites is 2. The van der Waals surface area contributed by atoms with E-state index in [1.54, 1.807) is 0 Å². The molecule has 20 heavy (non-hydrogen) atoms. The van der Waals surface area contributed by atoms with E-state index < -0.39 is 0 Å². The van der Waals surface area contributed by atoms with E-state index in [1.807, 2.05) is 18.2 Å². The number of benzene rings is 2. The monoisotopic (exact) mass is 265 g/mol. The van der Waals surface area contributed by atoms with Crippen molar-refractivity contribution in [2.75, 3.05) is 5.32 Å². The maximum atomic E-state index is 5.83. The molecule has 0 unspecified atom stereocenters. The van der Waals surface area contributed by atoms with Crippen LogP contribution in [0.25, 0.3) is 11.0 Å². The van der Waals surface area contributed by atoms with Gasteiger partial charge in [0.25, 0.3) is 0 Å². The molecule has 1 aromatic heterocycles. The zero-order valence-electron chi connectivity index (χ0n) is 11.9.